The van der Waals surface area contributed by atoms with E-state index in [1.54, 1.807) is 0 Å². The standard InChI is InChI=1S/C18H37NS2/c1-3-4-5-6-7-8-9-10-11-12-13-17(19)18-16(2)20-14-15-21-18/h16-18H,3-15,19H2,1-2H3. The van der Waals surface area contributed by atoms with Crippen LogP contribution in [-0.4, -0.2) is 28.0 Å². The lowest BCUT2D eigenvalue weighted by Crippen LogP contribution is -2.40. The lowest BCUT2D eigenvalue weighted by Gasteiger charge is -2.32. The second kappa shape index (κ2) is 13.1. The summed E-state index contributed by atoms with van der Waals surface area (Å²) in [4.78, 5) is 0. The molecular weight excluding hydrogens is 294 g/mol. The fraction of sp³-hybridized carbons (Fsp3) is 1.00. The van der Waals surface area contributed by atoms with Crippen LogP contribution < -0.4 is 5.73 Å². The molecule has 3 heteroatoms. The van der Waals surface area contributed by atoms with Crippen LogP contribution in [0.2, 0.25) is 0 Å². The molecule has 0 spiro atoms. The number of unbranched alkanes of at least 4 members (excludes halogenated alkanes) is 9. The quantitative estimate of drug-likeness (QED) is 0.453. The van der Waals surface area contributed by atoms with Gasteiger partial charge in [0, 0.05) is 28.0 Å². The third-order valence-corrected chi connectivity index (χ3v) is 7.82. The predicted molar refractivity (Wildman–Crippen MR) is 103 cm³/mol. The van der Waals surface area contributed by atoms with Gasteiger partial charge in [0.15, 0.2) is 0 Å². The predicted octanol–water partition coefficient (Wildman–Crippen LogP) is 5.86. The minimum Gasteiger partial charge on any atom is -0.327 e. The molecule has 1 rings (SSSR count). The van der Waals surface area contributed by atoms with Crippen LogP contribution in [0.15, 0.2) is 0 Å². The molecule has 0 aromatic heterocycles. The zero-order valence-electron chi connectivity index (χ0n) is 14.3. The van der Waals surface area contributed by atoms with Gasteiger partial charge in [-0.1, -0.05) is 78.1 Å². The van der Waals surface area contributed by atoms with E-state index in [0.717, 1.165) is 5.25 Å². The molecule has 1 nitrogen and oxygen atoms in total. The molecule has 1 fully saturated rings. The maximum atomic E-state index is 6.41. The molecule has 3 unspecified atom stereocenters. The third kappa shape index (κ3) is 9.40. The van der Waals surface area contributed by atoms with Crippen LogP contribution >= 0.6 is 23.5 Å². The molecular formula is C18H37NS2. The van der Waals surface area contributed by atoms with E-state index in [-0.39, 0.29) is 0 Å². The van der Waals surface area contributed by atoms with Gasteiger partial charge < -0.3 is 5.73 Å². The monoisotopic (exact) mass is 331 g/mol. The van der Waals surface area contributed by atoms with Gasteiger partial charge in [-0.15, -0.1) is 0 Å². The summed E-state index contributed by atoms with van der Waals surface area (Å²) in [5, 5.41) is 1.45. The van der Waals surface area contributed by atoms with E-state index in [4.69, 9.17) is 5.73 Å². The average molecular weight is 332 g/mol. The third-order valence-electron chi connectivity index (χ3n) is 4.55. The Labute approximate surface area is 142 Å². The van der Waals surface area contributed by atoms with E-state index in [9.17, 15) is 0 Å². The Bertz CT molecular complexity index is 235. The summed E-state index contributed by atoms with van der Waals surface area (Å²) in [6.45, 7) is 4.65. The highest BCUT2D eigenvalue weighted by molar-refractivity contribution is 8.07. The molecule has 1 saturated heterocycles. The van der Waals surface area contributed by atoms with Gasteiger partial charge in [-0.3, -0.25) is 0 Å². The van der Waals surface area contributed by atoms with Crippen LogP contribution in [-0.2, 0) is 0 Å². The van der Waals surface area contributed by atoms with Crippen molar-refractivity contribution in [3.8, 4) is 0 Å². The van der Waals surface area contributed by atoms with E-state index < -0.39 is 0 Å². The first-order valence-corrected chi connectivity index (χ1v) is 11.3. The lowest BCUT2D eigenvalue weighted by atomic mass is 10.0. The average Bonchev–Trinajstić information content (AvgIpc) is 2.49. The Morgan fingerprint density at radius 2 is 1.38 bits per heavy atom. The van der Waals surface area contributed by atoms with E-state index >= 15 is 0 Å². The first-order valence-electron chi connectivity index (χ1n) is 9.24. The Balaban J connectivity index is 1.89. The van der Waals surface area contributed by atoms with Crippen molar-refractivity contribution in [1.82, 2.24) is 0 Å². The molecule has 0 bridgehead atoms. The Morgan fingerprint density at radius 3 is 1.95 bits per heavy atom. The van der Waals surface area contributed by atoms with Crippen molar-refractivity contribution >= 4 is 23.5 Å². The normalized spacial score (nSPS) is 24.1. The van der Waals surface area contributed by atoms with Gasteiger partial charge in [0.1, 0.15) is 0 Å². The summed E-state index contributed by atoms with van der Waals surface area (Å²) in [5.41, 5.74) is 6.41. The van der Waals surface area contributed by atoms with Crippen molar-refractivity contribution in [3.05, 3.63) is 0 Å². The van der Waals surface area contributed by atoms with Gasteiger partial charge in [0.25, 0.3) is 0 Å². The lowest BCUT2D eigenvalue weighted by molar-refractivity contribution is 0.510. The maximum absolute atomic E-state index is 6.41. The van der Waals surface area contributed by atoms with Gasteiger partial charge in [-0.05, 0) is 6.42 Å². The molecule has 126 valence electrons. The Kier molecular flexibility index (Phi) is 12.3. The molecule has 0 aromatic carbocycles. The SMILES string of the molecule is CCCCCCCCCCCCC(N)C1SCCSC1C. The van der Waals surface area contributed by atoms with Crippen LogP contribution in [0.3, 0.4) is 0 Å². The molecule has 3 atom stereocenters. The van der Waals surface area contributed by atoms with Crippen molar-refractivity contribution in [2.75, 3.05) is 11.5 Å². The van der Waals surface area contributed by atoms with Crippen LogP contribution in [0.5, 0.6) is 0 Å². The molecule has 1 aliphatic rings. The molecule has 0 saturated carbocycles. The smallest absolute Gasteiger partial charge is 0.0315 e. The number of hydrogen-bond donors (Lipinski definition) is 1. The van der Waals surface area contributed by atoms with Gasteiger partial charge in [0.2, 0.25) is 0 Å². The molecule has 0 amide bonds. The molecule has 21 heavy (non-hydrogen) atoms. The summed E-state index contributed by atoms with van der Waals surface area (Å²) < 4.78 is 0. The second-order valence-electron chi connectivity index (χ2n) is 6.55. The minimum atomic E-state index is 0.423. The summed E-state index contributed by atoms with van der Waals surface area (Å²) >= 11 is 4.23. The van der Waals surface area contributed by atoms with Crippen LogP contribution in [0.4, 0.5) is 0 Å². The molecule has 1 aliphatic heterocycles. The first kappa shape index (κ1) is 19.7. The van der Waals surface area contributed by atoms with E-state index in [1.807, 2.05) is 0 Å². The second-order valence-corrected chi connectivity index (χ2v) is 9.32. The number of hydrogen-bond acceptors (Lipinski definition) is 3. The summed E-state index contributed by atoms with van der Waals surface area (Å²) in [6.07, 6.45) is 15.4. The van der Waals surface area contributed by atoms with Crippen molar-refractivity contribution in [1.29, 1.82) is 0 Å². The molecule has 0 radical (unpaired) electrons. The fourth-order valence-electron chi connectivity index (χ4n) is 3.15. The van der Waals surface area contributed by atoms with Gasteiger partial charge in [-0.25, -0.2) is 0 Å². The molecule has 0 aromatic rings. The van der Waals surface area contributed by atoms with E-state index in [2.05, 4.69) is 37.4 Å². The highest BCUT2D eigenvalue weighted by Crippen LogP contribution is 2.33. The van der Waals surface area contributed by atoms with Gasteiger partial charge in [0.05, 0.1) is 0 Å². The summed E-state index contributed by atoms with van der Waals surface area (Å²) in [6, 6.07) is 0.423. The molecule has 1 heterocycles. The summed E-state index contributed by atoms with van der Waals surface area (Å²) in [7, 11) is 0. The van der Waals surface area contributed by atoms with Crippen molar-refractivity contribution in [3.63, 3.8) is 0 Å². The maximum Gasteiger partial charge on any atom is 0.0315 e. The molecule has 2 N–H and O–H groups in total. The van der Waals surface area contributed by atoms with E-state index in [0.29, 0.717) is 11.3 Å². The van der Waals surface area contributed by atoms with Crippen LogP contribution in [0, 0.1) is 0 Å². The highest BCUT2D eigenvalue weighted by Gasteiger charge is 2.27. The Morgan fingerprint density at radius 1 is 0.857 bits per heavy atom. The van der Waals surface area contributed by atoms with Crippen LogP contribution in [0.25, 0.3) is 0 Å². The topological polar surface area (TPSA) is 26.0 Å². The largest absolute Gasteiger partial charge is 0.327 e. The number of nitrogens with two attached hydrogens (primary N) is 1. The van der Waals surface area contributed by atoms with Crippen molar-refractivity contribution in [2.24, 2.45) is 5.73 Å². The van der Waals surface area contributed by atoms with Gasteiger partial charge >= 0.3 is 0 Å². The summed E-state index contributed by atoms with van der Waals surface area (Å²) in [5.74, 6) is 2.61. The number of rotatable bonds is 12. The van der Waals surface area contributed by atoms with E-state index in [1.165, 1.54) is 82.1 Å². The van der Waals surface area contributed by atoms with Crippen molar-refractivity contribution in [2.45, 2.75) is 101 Å². The minimum absolute atomic E-state index is 0.423. The first-order chi connectivity index (χ1) is 10.3. The highest BCUT2D eigenvalue weighted by atomic mass is 32.2. The fourth-order valence-corrected chi connectivity index (χ4v) is 6.08. The van der Waals surface area contributed by atoms with Crippen LogP contribution in [0.1, 0.15) is 84.5 Å². The zero-order chi connectivity index (χ0) is 15.3. The Hall–Kier alpha value is 0.660. The zero-order valence-corrected chi connectivity index (χ0v) is 16.0. The van der Waals surface area contributed by atoms with Crippen molar-refractivity contribution < 1.29 is 0 Å². The number of thioether (sulfide) groups is 2. The van der Waals surface area contributed by atoms with Gasteiger partial charge in [-0.2, -0.15) is 23.5 Å². The molecule has 0 aliphatic carbocycles.